The molecule has 0 aliphatic rings. The minimum absolute atomic E-state index is 0.180. The molecule has 0 aliphatic heterocycles. The Balaban J connectivity index is 4.15. The molecule has 0 radical (unpaired) electrons. The second-order valence-electron chi connectivity index (χ2n) is 10.1. The van der Waals surface area contributed by atoms with Crippen LogP contribution in [0.4, 0.5) is 0 Å². The summed E-state index contributed by atoms with van der Waals surface area (Å²) in [6.45, 7) is 3.41. The second kappa shape index (κ2) is 28.9. The van der Waals surface area contributed by atoms with Gasteiger partial charge in [0.2, 0.25) is 0 Å². The van der Waals surface area contributed by atoms with E-state index in [0.29, 0.717) is 12.8 Å². The molecule has 240 valence electrons. The van der Waals surface area contributed by atoms with Gasteiger partial charge in [-0.2, -0.15) is 0 Å². The SMILES string of the molecule is CC/C=C/C=C/C=C/CCCCCCCC(=O)OC(COC(=O)CCCCC/C=C/C=C/CCCC)COP(=O)(O)O. The Hall–Kier alpha value is -2.25. The van der Waals surface area contributed by atoms with Gasteiger partial charge in [-0.15, -0.1) is 0 Å². The van der Waals surface area contributed by atoms with Crippen LogP contribution in [-0.2, 0) is 28.2 Å². The van der Waals surface area contributed by atoms with Crippen molar-refractivity contribution in [3.63, 3.8) is 0 Å². The van der Waals surface area contributed by atoms with Crippen LogP contribution in [0.3, 0.4) is 0 Å². The molecular formula is C33H55O8P. The molecule has 0 saturated heterocycles. The Morgan fingerprint density at radius 3 is 1.74 bits per heavy atom. The summed E-state index contributed by atoms with van der Waals surface area (Å²) < 4.78 is 26.1. The van der Waals surface area contributed by atoms with Crippen molar-refractivity contribution >= 4 is 19.8 Å². The molecule has 0 heterocycles. The molecule has 8 nitrogen and oxygen atoms in total. The van der Waals surface area contributed by atoms with Crippen LogP contribution in [0.2, 0.25) is 0 Å². The summed E-state index contributed by atoms with van der Waals surface area (Å²) in [6.07, 6.45) is 33.8. The van der Waals surface area contributed by atoms with Crippen LogP contribution >= 0.6 is 7.82 Å². The van der Waals surface area contributed by atoms with Gasteiger partial charge in [-0.05, 0) is 51.4 Å². The van der Waals surface area contributed by atoms with E-state index in [0.717, 1.165) is 64.2 Å². The van der Waals surface area contributed by atoms with Crippen LogP contribution in [0.1, 0.15) is 117 Å². The Labute approximate surface area is 254 Å². The smallest absolute Gasteiger partial charge is 0.462 e. The van der Waals surface area contributed by atoms with Gasteiger partial charge in [0.25, 0.3) is 0 Å². The zero-order valence-corrected chi connectivity index (χ0v) is 26.8. The van der Waals surface area contributed by atoms with Crippen LogP contribution in [0, 0.1) is 0 Å². The van der Waals surface area contributed by atoms with Gasteiger partial charge in [0.05, 0.1) is 6.61 Å². The lowest BCUT2D eigenvalue weighted by Crippen LogP contribution is -2.29. The number of rotatable bonds is 27. The monoisotopic (exact) mass is 610 g/mol. The summed E-state index contributed by atoms with van der Waals surface area (Å²) in [4.78, 5) is 42.4. The van der Waals surface area contributed by atoms with E-state index >= 15 is 0 Å². The predicted octanol–water partition coefficient (Wildman–Crippen LogP) is 8.61. The van der Waals surface area contributed by atoms with E-state index < -0.39 is 32.5 Å². The predicted molar refractivity (Wildman–Crippen MR) is 170 cm³/mol. The Morgan fingerprint density at radius 2 is 1.14 bits per heavy atom. The van der Waals surface area contributed by atoms with E-state index in [1.807, 2.05) is 18.2 Å². The van der Waals surface area contributed by atoms with Crippen LogP contribution < -0.4 is 0 Å². The number of hydrogen-bond donors (Lipinski definition) is 2. The molecule has 1 atom stereocenters. The van der Waals surface area contributed by atoms with Crippen molar-refractivity contribution in [3.8, 4) is 0 Å². The third-order valence-corrected chi connectivity index (χ3v) is 6.59. The molecular weight excluding hydrogens is 555 g/mol. The normalized spacial score (nSPS) is 13.3. The molecule has 0 aromatic rings. The first-order valence-electron chi connectivity index (χ1n) is 15.6. The number of phosphoric acid groups is 1. The van der Waals surface area contributed by atoms with E-state index in [2.05, 4.69) is 60.9 Å². The first-order chi connectivity index (χ1) is 20.3. The van der Waals surface area contributed by atoms with Crippen molar-refractivity contribution in [2.24, 2.45) is 0 Å². The largest absolute Gasteiger partial charge is 0.469 e. The van der Waals surface area contributed by atoms with E-state index in [4.69, 9.17) is 19.3 Å². The van der Waals surface area contributed by atoms with Gasteiger partial charge in [0.15, 0.2) is 6.10 Å². The lowest BCUT2D eigenvalue weighted by molar-refractivity contribution is -0.161. The number of carbonyl (C=O) groups excluding carboxylic acids is 2. The first kappa shape index (κ1) is 39.8. The molecule has 0 amide bonds. The summed E-state index contributed by atoms with van der Waals surface area (Å²) >= 11 is 0. The highest BCUT2D eigenvalue weighted by Crippen LogP contribution is 2.35. The van der Waals surface area contributed by atoms with Gasteiger partial charge < -0.3 is 19.3 Å². The molecule has 0 spiro atoms. The topological polar surface area (TPSA) is 119 Å². The van der Waals surface area contributed by atoms with Crippen molar-refractivity contribution in [1.29, 1.82) is 0 Å². The van der Waals surface area contributed by atoms with Gasteiger partial charge in [0, 0.05) is 12.8 Å². The van der Waals surface area contributed by atoms with Crippen molar-refractivity contribution in [2.45, 2.75) is 123 Å². The molecule has 9 heteroatoms. The number of unbranched alkanes of at least 4 members (excludes halogenated alkanes) is 10. The van der Waals surface area contributed by atoms with Crippen molar-refractivity contribution in [1.82, 2.24) is 0 Å². The van der Waals surface area contributed by atoms with Gasteiger partial charge in [-0.3, -0.25) is 14.1 Å². The highest BCUT2D eigenvalue weighted by atomic mass is 31.2. The van der Waals surface area contributed by atoms with E-state index in [-0.39, 0.29) is 19.4 Å². The molecule has 0 fully saturated rings. The number of hydrogen-bond acceptors (Lipinski definition) is 6. The molecule has 0 saturated carbocycles. The molecule has 0 rings (SSSR count). The van der Waals surface area contributed by atoms with Crippen molar-refractivity contribution < 1.29 is 37.9 Å². The lowest BCUT2D eigenvalue weighted by atomic mass is 10.1. The lowest BCUT2D eigenvalue weighted by Gasteiger charge is -2.18. The van der Waals surface area contributed by atoms with E-state index in [9.17, 15) is 14.2 Å². The zero-order chi connectivity index (χ0) is 31.2. The highest BCUT2D eigenvalue weighted by molar-refractivity contribution is 7.46. The summed E-state index contributed by atoms with van der Waals surface area (Å²) in [5.74, 6) is -0.953. The van der Waals surface area contributed by atoms with Crippen LogP contribution in [0.5, 0.6) is 0 Å². The van der Waals surface area contributed by atoms with Gasteiger partial charge in [0.1, 0.15) is 6.61 Å². The minimum atomic E-state index is -4.76. The van der Waals surface area contributed by atoms with Gasteiger partial charge >= 0.3 is 19.8 Å². The molecule has 1 unspecified atom stereocenters. The summed E-state index contributed by atoms with van der Waals surface area (Å²) in [7, 11) is -4.76. The molecule has 0 aliphatic carbocycles. The number of allylic oxidation sites excluding steroid dienone is 10. The fourth-order valence-electron chi connectivity index (χ4n) is 3.76. The Kier molecular flexibility index (Phi) is 27.3. The maximum absolute atomic E-state index is 12.3. The fraction of sp³-hybridized carbons (Fsp3) is 0.636. The maximum atomic E-state index is 12.3. The summed E-state index contributed by atoms with van der Waals surface area (Å²) in [6, 6.07) is 0. The van der Waals surface area contributed by atoms with Crippen LogP contribution in [-0.4, -0.2) is 41.0 Å². The molecule has 2 N–H and O–H groups in total. The first-order valence-corrected chi connectivity index (χ1v) is 17.2. The zero-order valence-electron chi connectivity index (χ0n) is 25.9. The third-order valence-electron chi connectivity index (χ3n) is 6.11. The van der Waals surface area contributed by atoms with Gasteiger partial charge in [-0.25, -0.2) is 4.57 Å². The number of ether oxygens (including phenoxy) is 2. The maximum Gasteiger partial charge on any atom is 0.469 e. The third kappa shape index (κ3) is 30.7. The summed E-state index contributed by atoms with van der Waals surface area (Å²) in [5.41, 5.74) is 0. The number of phosphoric ester groups is 1. The highest BCUT2D eigenvalue weighted by Gasteiger charge is 2.22. The minimum Gasteiger partial charge on any atom is -0.462 e. The molecule has 42 heavy (non-hydrogen) atoms. The standard InChI is InChI=1S/C33H55O8P/c1-3-5-7-9-11-13-15-16-18-20-22-24-26-28-33(35)41-31(30-40-42(36,37)38)29-39-32(34)27-25-23-21-19-17-14-12-10-8-6-4-2/h5,7,9-15,17,31H,3-4,6,8,16,18-30H2,1-2H3,(H2,36,37,38)/b7-5+,11-9+,12-10+,15-13+,17-14+. The van der Waals surface area contributed by atoms with E-state index in [1.54, 1.807) is 0 Å². The number of carbonyl (C=O) groups is 2. The average Bonchev–Trinajstić information content (AvgIpc) is 2.95. The summed E-state index contributed by atoms with van der Waals surface area (Å²) in [5, 5.41) is 0. The Morgan fingerprint density at radius 1 is 0.643 bits per heavy atom. The van der Waals surface area contributed by atoms with Crippen LogP contribution in [0.15, 0.2) is 60.8 Å². The van der Waals surface area contributed by atoms with Crippen molar-refractivity contribution in [3.05, 3.63) is 60.8 Å². The average molecular weight is 611 g/mol. The molecule has 0 aromatic heterocycles. The van der Waals surface area contributed by atoms with Crippen molar-refractivity contribution in [2.75, 3.05) is 13.2 Å². The van der Waals surface area contributed by atoms with Crippen LogP contribution in [0.25, 0.3) is 0 Å². The fourth-order valence-corrected chi connectivity index (χ4v) is 4.12. The molecule has 0 aromatic carbocycles. The Bertz CT molecular complexity index is 869. The molecule has 0 bridgehead atoms. The quantitative estimate of drug-likeness (QED) is 0.0411. The van der Waals surface area contributed by atoms with E-state index in [1.165, 1.54) is 12.8 Å². The number of esters is 2. The van der Waals surface area contributed by atoms with Gasteiger partial charge in [-0.1, -0.05) is 113 Å². The second-order valence-corrected chi connectivity index (χ2v) is 11.4.